The summed E-state index contributed by atoms with van der Waals surface area (Å²) in [5.41, 5.74) is 2.90. The Morgan fingerprint density at radius 1 is 1.06 bits per heavy atom. The molecule has 1 atom stereocenters. The SMILES string of the molecule is O=C(Oc1ccc(/C=N\NC(=O)[C@H]2COc3ccccc3O2)cc1)c1cccc([N+](=O)[O-])c1. The zero-order valence-electron chi connectivity index (χ0n) is 17.0. The van der Waals surface area contributed by atoms with E-state index in [1.54, 1.807) is 30.3 Å². The maximum Gasteiger partial charge on any atom is 0.343 e. The first-order valence-corrected chi connectivity index (χ1v) is 9.78. The van der Waals surface area contributed by atoms with Gasteiger partial charge in [-0.05, 0) is 48.0 Å². The number of amides is 1. The van der Waals surface area contributed by atoms with Crippen molar-refractivity contribution in [1.82, 2.24) is 5.43 Å². The summed E-state index contributed by atoms with van der Waals surface area (Å²) in [6, 6.07) is 18.7. The topological polar surface area (TPSA) is 129 Å². The van der Waals surface area contributed by atoms with E-state index >= 15 is 0 Å². The molecule has 0 fully saturated rings. The number of benzene rings is 3. The minimum Gasteiger partial charge on any atom is -0.485 e. The van der Waals surface area contributed by atoms with Gasteiger partial charge in [-0.3, -0.25) is 14.9 Å². The molecule has 3 aromatic rings. The third kappa shape index (κ3) is 5.31. The van der Waals surface area contributed by atoms with Crippen LogP contribution < -0.4 is 19.6 Å². The van der Waals surface area contributed by atoms with Gasteiger partial charge in [0.15, 0.2) is 11.5 Å². The van der Waals surface area contributed by atoms with Crippen molar-refractivity contribution in [2.75, 3.05) is 6.61 Å². The molecule has 1 N–H and O–H groups in total. The van der Waals surface area contributed by atoms with E-state index in [0.29, 0.717) is 17.1 Å². The number of nitro groups is 1. The number of esters is 1. The molecule has 0 saturated carbocycles. The minimum atomic E-state index is -0.826. The predicted octanol–water partition coefficient (Wildman–Crippen LogP) is 3.10. The Bertz CT molecular complexity index is 1220. The number of nitrogens with zero attached hydrogens (tertiary/aromatic N) is 2. The Labute approximate surface area is 187 Å². The zero-order valence-corrected chi connectivity index (χ0v) is 17.0. The summed E-state index contributed by atoms with van der Waals surface area (Å²) in [6.07, 6.45) is 0.592. The monoisotopic (exact) mass is 447 g/mol. The summed E-state index contributed by atoms with van der Waals surface area (Å²) in [7, 11) is 0. The molecule has 166 valence electrons. The van der Waals surface area contributed by atoms with Gasteiger partial charge >= 0.3 is 5.97 Å². The molecule has 1 aliphatic heterocycles. The molecule has 0 bridgehead atoms. The standard InChI is InChI=1S/C23H17N3O7/c27-22(21-14-31-19-6-1-2-7-20(19)33-21)25-24-13-15-8-10-18(11-9-15)32-23(28)16-4-3-5-17(12-16)26(29)30/h1-13,21H,14H2,(H,25,27)/b24-13-/t21-/m1/s1. The molecule has 0 radical (unpaired) electrons. The summed E-state index contributed by atoms with van der Waals surface area (Å²) >= 11 is 0. The molecule has 0 saturated heterocycles. The molecule has 0 spiro atoms. The first-order valence-electron chi connectivity index (χ1n) is 9.78. The van der Waals surface area contributed by atoms with Crippen molar-refractivity contribution in [3.05, 3.63) is 94.0 Å². The summed E-state index contributed by atoms with van der Waals surface area (Å²) in [5, 5.41) is 14.7. The fraction of sp³-hybridized carbons (Fsp3) is 0.0870. The zero-order chi connectivity index (χ0) is 23.2. The number of para-hydroxylation sites is 2. The van der Waals surface area contributed by atoms with E-state index in [4.69, 9.17) is 14.2 Å². The van der Waals surface area contributed by atoms with Gasteiger partial charge in [0.25, 0.3) is 11.6 Å². The van der Waals surface area contributed by atoms with E-state index in [-0.39, 0.29) is 23.6 Å². The smallest absolute Gasteiger partial charge is 0.343 e. The molecule has 10 heteroatoms. The quantitative estimate of drug-likeness (QED) is 0.202. The summed E-state index contributed by atoms with van der Waals surface area (Å²) in [5.74, 6) is 0.144. The van der Waals surface area contributed by atoms with Crippen LogP contribution in [0.4, 0.5) is 5.69 Å². The Morgan fingerprint density at radius 3 is 2.58 bits per heavy atom. The largest absolute Gasteiger partial charge is 0.485 e. The number of fused-ring (bicyclic) bond motifs is 1. The minimum absolute atomic E-state index is 0.0640. The van der Waals surface area contributed by atoms with Crippen LogP contribution in [0.3, 0.4) is 0 Å². The second-order valence-electron chi connectivity index (χ2n) is 6.86. The van der Waals surface area contributed by atoms with Gasteiger partial charge in [-0.15, -0.1) is 0 Å². The number of hydrogen-bond donors (Lipinski definition) is 1. The maximum atomic E-state index is 12.2. The first kappa shape index (κ1) is 21.5. The first-order chi connectivity index (χ1) is 16.0. The van der Waals surface area contributed by atoms with Gasteiger partial charge in [-0.25, -0.2) is 10.2 Å². The van der Waals surface area contributed by atoms with Crippen LogP contribution in [0.5, 0.6) is 17.2 Å². The average Bonchev–Trinajstić information content (AvgIpc) is 2.84. The van der Waals surface area contributed by atoms with Crippen LogP contribution in [0, 0.1) is 10.1 Å². The van der Waals surface area contributed by atoms with Crippen molar-refractivity contribution in [3.63, 3.8) is 0 Å². The molecular formula is C23H17N3O7. The van der Waals surface area contributed by atoms with Crippen LogP contribution in [0.2, 0.25) is 0 Å². The highest BCUT2D eigenvalue weighted by atomic mass is 16.6. The molecule has 4 rings (SSSR count). The Kier molecular flexibility index (Phi) is 6.26. The second kappa shape index (κ2) is 9.60. The molecule has 3 aromatic carbocycles. The summed E-state index contributed by atoms with van der Waals surface area (Å²) < 4.78 is 16.3. The highest BCUT2D eigenvalue weighted by molar-refractivity contribution is 5.92. The molecule has 1 amide bonds. The summed E-state index contributed by atoms with van der Waals surface area (Å²) in [6.45, 7) is 0.0724. The van der Waals surface area contributed by atoms with Crippen LogP contribution in [-0.2, 0) is 4.79 Å². The van der Waals surface area contributed by atoms with Crippen LogP contribution in [0.15, 0.2) is 77.9 Å². The van der Waals surface area contributed by atoms with Crippen molar-refractivity contribution in [1.29, 1.82) is 0 Å². The van der Waals surface area contributed by atoms with Gasteiger partial charge in [0.2, 0.25) is 6.10 Å². The van der Waals surface area contributed by atoms with Gasteiger partial charge in [0.05, 0.1) is 16.7 Å². The van der Waals surface area contributed by atoms with Gasteiger partial charge in [-0.1, -0.05) is 18.2 Å². The van der Waals surface area contributed by atoms with Crippen LogP contribution >= 0.6 is 0 Å². The number of hydrogen-bond acceptors (Lipinski definition) is 8. The van der Waals surface area contributed by atoms with Crippen LogP contribution in [0.25, 0.3) is 0 Å². The Hall–Kier alpha value is -4.73. The van der Waals surface area contributed by atoms with Crippen molar-refractivity contribution in [3.8, 4) is 17.2 Å². The number of hydrazone groups is 1. The number of ether oxygens (including phenoxy) is 3. The number of non-ortho nitro benzene ring substituents is 1. The molecule has 33 heavy (non-hydrogen) atoms. The molecular weight excluding hydrogens is 430 g/mol. The Balaban J connectivity index is 1.30. The Morgan fingerprint density at radius 2 is 1.82 bits per heavy atom. The van der Waals surface area contributed by atoms with Crippen LogP contribution in [0.1, 0.15) is 15.9 Å². The molecule has 10 nitrogen and oxygen atoms in total. The highest BCUT2D eigenvalue weighted by Crippen LogP contribution is 2.30. The second-order valence-corrected chi connectivity index (χ2v) is 6.86. The van der Waals surface area contributed by atoms with Crippen molar-refractivity contribution < 1.29 is 28.7 Å². The molecule has 1 heterocycles. The lowest BCUT2D eigenvalue weighted by atomic mass is 10.2. The number of nitrogens with one attached hydrogen (secondary N) is 1. The average molecular weight is 447 g/mol. The number of carbonyl (C=O) groups is 2. The maximum absolute atomic E-state index is 12.2. The molecule has 0 aromatic heterocycles. The third-order valence-electron chi connectivity index (χ3n) is 4.57. The molecule has 0 unspecified atom stereocenters. The van der Waals surface area contributed by atoms with Gasteiger partial charge < -0.3 is 14.2 Å². The van der Waals surface area contributed by atoms with Gasteiger partial charge in [0.1, 0.15) is 12.4 Å². The highest BCUT2D eigenvalue weighted by Gasteiger charge is 2.27. The lowest BCUT2D eigenvalue weighted by Gasteiger charge is -2.24. The van der Waals surface area contributed by atoms with Crippen molar-refractivity contribution in [2.24, 2.45) is 5.10 Å². The molecule has 0 aliphatic carbocycles. The van der Waals surface area contributed by atoms with E-state index in [1.165, 1.54) is 36.5 Å². The van der Waals surface area contributed by atoms with E-state index in [2.05, 4.69) is 10.5 Å². The lowest BCUT2D eigenvalue weighted by molar-refractivity contribution is -0.384. The van der Waals surface area contributed by atoms with Crippen molar-refractivity contribution >= 4 is 23.8 Å². The number of rotatable bonds is 6. The number of nitro benzene ring substituents is 1. The van der Waals surface area contributed by atoms with Gasteiger partial charge in [0, 0.05) is 12.1 Å². The van der Waals surface area contributed by atoms with Crippen LogP contribution in [-0.4, -0.2) is 35.7 Å². The number of carbonyl (C=O) groups excluding carboxylic acids is 2. The normalized spacial score (nSPS) is 14.5. The van der Waals surface area contributed by atoms with E-state index < -0.39 is 22.9 Å². The molecule has 1 aliphatic rings. The van der Waals surface area contributed by atoms with Gasteiger partial charge in [-0.2, -0.15) is 5.10 Å². The lowest BCUT2D eigenvalue weighted by Crippen LogP contribution is -2.42. The fourth-order valence-corrected chi connectivity index (χ4v) is 2.93. The summed E-state index contributed by atoms with van der Waals surface area (Å²) in [4.78, 5) is 34.7. The van der Waals surface area contributed by atoms with E-state index in [1.807, 2.05) is 6.07 Å². The fourth-order valence-electron chi connectivity index (χ4n) is 2.93. The van der Waals surface area contributed by atoms with E-state index in [9.17, 15) is 19.7 Å². The van der Waals surface area contributed by atoms with E-state index in [0.717, 1.165) is 6.07 Å². The van der Waals surface area contributed by atoms with Crippen molar-refractivity contribution in [2.45, 2.75) is 6.10 Å². The predicted molar refractivity (Wildman–Crippen MR) is 117 cm³/mol. The third-order valence-corrected chi connectivity index (χ3v) is 4.57.